The Morgan fingerprint density at radius 1 is 1.00 bits per heavy atom. The van der Waals surface area contributed by atoms with Gasteiger partial charge in [-0.1, -0.05) is 0 Å². The molecule has 20 heavy (non-hydrogen) atoms. The molecule has 1 aromatic carbocycles. The van der Waals surface area contributed by atoms with E-state index in [1.54, 1.807) is 32.7 Å². The lowest BCUT2D eigenvalue weighted by atomic mass is 9.97. The highest BCUT2D eigenvalue weighted by Gasteiger charge is 2.22. The molecule has 5 heteroatoms. The Bertz CT molecular complexity index is 570. The van der Waals surface area contributed by atoms with Crippen molar-refractivity contribution < 1.29 is 14.2 Å². The fourth-order valence-corrected chi connectivity index (χ4v) is 3.07. The molecule has 2 aromatic rings. The molecular weight excluding hydrogens is 274 g/mol. The number of ether oxygens (including phenoxy) is 3. The van der Waals surface area contributed by atoms with Gasteiger partial charge in [0.2, 0.25) is 0 Å². The van der Waals surface area contributed by atoms with Gasteiger partial charge in [0.25, 0.3) is 0 Å². The molecule has 1 unspecified atom stereocenters. The fourth-order valence-electron chi connectivity index (χ4n) is 2.18. The van der Waals surface area contributed by atoms with Gasteiger partial charge in [-0.05, 0) is 28.8 Å². The fraction of sp³-hybridized carbons (Fsp3) is 0.333. The smallest absolute Gasteiger partial charge is 0.131 e. The van der Waals surface area contributed by atoms with Gasteiger partial charge < -0.3 is 19.9 Å². The average Bonchev–Trinajstić information content (AvgIpc) is 2.91. The van der Waals surface area contributed by atoms with Crippen molar-refractivity contribution in [2.75, 3.05) is 21.3 Å². The quantitative estimate of drug-likeness (QED) is 0.920. The summed E-state index contributed by atoms with van der Waals surface area (Å²) >= 11 is 1.64. The molecule has 0 radical (unpaired) electrons. The van der Waals surface area contributed by atoms with Crippen molar-refractivity contribution in [3.05, 3.63) is 39.6 Å². The number of benzene rings is 1. The standard InChI is InChI=1S/C15H19NO3S/c1-9-7-20-8-11(9)15(16)14-12(18-3)5-10(17-2)6-13(14)19-4/h5-8,15H,16H2,1-4H3. The van der Waals surface area contributed by atoms with Crippen LogP contribution in [0.5, 0.6) is 17.2 Å². The summed E-state index contributed by atoms with van der Waals surface area (Å²) < 4.78 is 16.2. The van der Waals surface area contributed by atoms with Crippen LogP contribution in [0.1, 0.15) is 22.7 Å². The van der Waals surface area contributed by atoms with Gasteiger partial charge in [0, 0.05) is 12.1 Å². The van der Waals surface area contributed by atoms with Crippen LogP contribution in [-0.2, 0) is 0 Å². The average molecular weight is 293 g/mol. The van der Waals surface area contributed by atoms with Gasteiger partial charge in [0.15, 0.2) is 0 Å². The first-order valence-electron chi connectivity index (χ1n) is 6.20. The van der Waals surface area contributed by atoms with E-state index in [1.807, 2.05) is 19.1 Å². The van der Waals surface area contributed by atoms with Crippen molar-refractivity contribution in [3.8, 4) is 17.2 Å². The number of nitrogens with two attached hydrogens (primary N) is 1. The maximum Gasteiger partial charge on any atom is 0.131 e. The van der Waals surface area contributed by atoms with Crippen molar-refractivity contribution in [2.24, 2.45) is 5.73 Å². The van der Waals surface area contributed by atoms with E-state index < -0.39 is 0 Å². The van der Waals surface area contributed by atoms with Crippen LogP contribution in [0.15, 0.2) is 22.9 Å². The van der Waals surface area contributed by atoms with E-state index in [-0.39, 0.29) is 6.04 Å². The van der Waals surface area contributed by atoms with Crippen LogP contribution < -0.4 is 19.9 Å². The Morgan fingerprint density at radius 3 is 2.00 bits per heavy atom. The minimum Gasteiger partial charge on any atom is -0.496 e. The lowest BCUT2D eigenvalue weighted by Gasteiger charge is -2.20. The van der Waals surface area contributed by atoms with E-state index >= 15 is 0 Å². The van der Waals surface area contributed by atoms with Gasteiger partial charge in [-0.25, -0.2) is 0 Å². The highest BCUT2D eigenvalue weighted by Crippen LogP contribution is 2.40. The number of hydrogen-bond acceptors (Lipinski definition) is 5. The van der Waals surface area contributed by atoms with E-state index in [0.29, 0.717) is 17.2 Å². The van der Waals surface area contributed by atoms with Crippen molar-refractivity contribution in [3.63, 3.8) is 0 Å². The Labute approximate surface area is 123 Å². The zero-order valence-corrected chi connectivity index (χ0v) is 12.9. The largest absolute Gasteiger partial charge is 0.496 e. The molecule has 0 saturated carbocycles. The van der Waals surface area contributed by atoms with Gasteiger partial charge in [-0.2, -0.15) is 11.3 Å². The molecule has 2 N–H and O–H groups in total. The molecule has 0 spiro atoms. The summed E-state index contributed by atoms with van der Waals surface area (Å²) in [5.41, 5.74) is 9.49. The molecule has 0 fully saturated rings. The lowest BCUT2D eigenvalue weighted by molar-refractivity contribution is 0.366. The Hall–Kier alpha value is -1.72. The van der Waals surface area contributed by atoms with Crippen LogP contribution >= 0.6 is 11.3 Å². The van der Waals surface area contributed by atoms with Crippen LogP contribution in [0.2, 0.25) is 0 Å². The van der Waals surface area contributed by atoms with Gasteiger partial charge in [-0.15, -0.1) is 0 Å². The number of methoxy groups -OCH3 is 3. The third kappa shape index (κ3) is 2.59. The molecule has 0 aliphatic rings. The van der Waals surface area contributed by atoms with Crippen LogP contribution in [0.3, 0.4) is 0 Å². The minimum absolute atomic E-state index is 0.294. The molecular formula is C15H19NO3S. The Balaban J connectivity index is 2.57. The first-order valence-corrected chi connectivity index (χ1v) is 7.14. The van der Waals surface area contributed by atoms with E-state index in [9.17, 15) is 0 Å². The molecule has 0 saturated heterocycles. The van der Waals surface area contributed by atoms with Crippen molar-refractivity contribution in [1.82, 2.24) is 0 Å². The topological polar surface area (TPSA) is 53.7 Å². The van der Waals surface area contributed by atoms with E-state index in [2.05, 4.69) is 10.8 Å². The van der Waals surface area contributed by atoms with Gasteiger partial charge >= 0.3 is 0 Å². The first kappa shape index (κ1) is 14.7. The number of aryl methyl sites for hydroxylation is 1. The number of hydrogen-bond donors (Lipinski definition) is 1. The highest BCUT2D eigenvalue weighted by atomic mass is 32.1. The van der Waals surface area contributed by atoms with Crippen LogP contribution in [0.25, 0.3) is 0 Å². The number of thiophene rings is 1. The summed E-state index contributed by atoms with van der Waals surface area (Å²) in [6, 6.07) is 3.34. The maximum absolute atomic E-state index is 6.41. The van der Waals surface area contributed by atoms with Crippen molar-refractivity contribution in [2.45, 2.75) is 13.0 Å². The third-order valence-electron chi connectivity index (χ3n) is 3.29. The molecule has 1 heterocycles. The third-order valence-corrected chi connectivity index (χ3v) is 4.17. The predicted octanol–water partition coefficient (Wildman–Crippen LogP) is 3.13. The molecule has 0 amide bonds. The highest BCUT2D eigenvalue weighted by molar-refractivity contribution is 7.08. The summed E-state index contributed by atoms with van der Waals surface area (Å²) in [6.45, 7) is 2.05. The molecule has 4 nitrogen and oxygen atoms in total. The molecule has 1 aromatic heterocycles. The maximum atomic E-state index is 6.41. The molecule has 0 aliphatic heterocycles. The van der Waals surface area contributed by atoms with E-state index in [0.717, 1.165) is 11.1 Å². The van der Waals surface area contributed by atoms with Crippen LogP contribution in [0, 0.1) is 6.92 Å². The van der Waals surface area contributed by atoms with Crippen molar-refractivity contribution in [1.29, 1.82) is 0 Å². The first-order chi connectivity index (χ1) is 9.62. The summed E-state index contributed by atoms with van der Waals surface area (Å²) in [5.74, 6) is 2.01. The second-order valence-electron chi connectivity index (χ2n) is 4.43. The van der Waals surface area contributed by atoms with E-state index in [4.69, 9.17) is 19.9 Å². The molecule has 108 valence electrons. The van der Waals surface area contributed by atoms with E-state index in [1.165, 1.54) is 5.56 Å². The van der Waals surface area contributed by atoms with Gasteiger partial charge in [0.1, 0.15) is 17.2 Å². The second-order valence-corrected chi connectivity index (χ2v) is 5.18. The molecule has 2 rings (SSSR count). The zero-order valence-electron chi connectivity index (χ0n) is 12.1. The number of rotatable bonds is 5. The lowest BCUT2D eigenvalue weighted by Crippen LogP contribution is -2.15. The second kappa shape index (κ2) is 6.15. The Morgan fingerprint density at radius 2 is 1.60 bits per heavy atom. The summed E-state index contributed by atoms with van der Waals surface area (Å²) in [4.78, 5) is 0. The monoisotopic (exact) mass is 293 g/mol. The summed E-state index contributed by atoms with van der Waals surface area (Å²) in [7, 11) is 4.84. The zero-order chi connectivity index (χ0) is 14.7. The molecule has 0 aliphatic carbocycles. The molecule has 0 bridgehead atoms. The van der Waals surface area contributed by atoms with Gasteiger partial charge in [0.05, 0.1) is 32.9 Å². The summed E-state index contributed by atoms with van der Waals surface area (Å²) in [6.07, 6.45) is 0. The van der Waals surface area contributed by atoms with Gasteiger partial charge in [-0.3, -0.25) is 0 Å². The predicted molar refractivity (Wildman–Crippen MR) is 81.2 cm³/mol. The van der Waals surface area contributed by atoms with Crippen molar-refractivity contribution >= 4 is 11.3 Å². The minimum atomic E-state index is -0.294. The molecule has 1 atom stereocenters. The van der Waals surface area contributed by atoms with Crippen LogP contribution in [0.4, 0.5) is 0 Å². The summed E-state index contributed by atoms with van der Waals surface area (Å²) in [5, 5.41) is 4.14. The SMILES string of the molecule is COc1cc(OC)c(C(N)c2cscc2C)c(OC)c1. The Kier molecular flexibility index (Phi) is 4.52. The van der Waals surface area contributed by atoms with Crippen LogP contribution in [-0.4, -0.2) is 21.3 Å². The normalized spacial score (nSPS) is 12.1.